The smallest absolute Gasteiger partial charge is 0.273 e. The SMILES string of the molecule is O=[N+]([O-])c1ccccc1CN1CCC(OC2CCOCC2)CC1. The molecule has 2 aliphatic heterocycles. The summed E-state index contributed by atoms with van der Waals surface area (Å²) in [5, 5.41) is 11.1. The third-order valence-corrected chi connectivity index (χ3v) is 4.67. The van der Waals surface area contributed by atoms with Crippen LogP contribution in [0.3, 0.4) is 0 Å². The highest BCUT2D eigenvalue weighted by molar-refractivity contribution is 5.39. The number of benzene rings is 1. The lowest BCUT2D eigenvalue weighted by Crippen LogP contribution is -2.39. The van der Waals surface area contributed by atoms with E-state index in [0.717, 1.165) is 57.6 Å². The lowest BCUT2D eigenvalue weighted by molar-refractivity contribution is -0.385. The molecule has 0 atom stereocenters. The molecular weight excluding hydrogens is 296 g/mol. The number of nitro groups is 1. The fourth-order valence-corrected chi connectivity index (χ4v) is 3.35. The Hall–Kier alpha value is -1.50. The van der Waals surface area contributed by atoms with Gasteiger partial charge in [0.2, 0.25) is 0 Å². The number of para-hydroxylation sites is 1. The lowest BCUT2D eigenvalue weighted by atomic mass is 10.0. The standard InChI is InChI=1S/C17H24N2O4/c20-19(21)17-4-2-1-3-14(17)13-18-9-5-15(6-10-18)23-16-7-11-22-12-8-16/h1-4,15-16H,5-13H2. The molecule has 6 nitrogen and oxygen atoms in total. The van der Waals surface area contributed by atoms with E-state index < -0.39 is 0 Å². The number of hydrogen-bond acceptors (Lipinski definition) is 5. The molecule has 0 unspecified atom stereocenters. The highest BCUT2D eigenvalue weighted by atomic mass is 16.6. The summed E-state index contributed by atoms with van der Waals surface area (Å²) in [6, 6.07) is 7.01. The topological polar surface area (TPSA) is 64.8 Å². The molecule has 2 heterocycles. The normalized spacial score (nSPS) is 21.4. The van der Waals surface area contributed by atoms with Crippen molar-refractivity contribution in [3.63, 3.8) is 0 Å². The molecular formula is C17H24N2O4. The number of nitrogens with zero attached hydrogens (tertiary/aromatic N) is 2. The Morgan fingerprint density at radius 1 is 1.13 bits per heavy atom. The fourth-order valence-electron chi connectivity index (χ4n) is 3.35. The van der Waals surface area contributed by atoms with E-state index in [1.807, 2.05) is 12.1 Å². The zero-order chi connectivity index (χ0) is 16.1. The molecule has 0 N–H and O–H groups in total. The molecule has 0 aromatic heterocycles. The Morgan fingerprint density at radius 2 is 1.78 bits per heavy atom. The van der Waals surface area contributed by atoms with Gasteiger partial charge in [-0.3, -0.25) is 15.0 Å². The molecule has 6 heteroatoms. The summed E-state index contributed by atoms with van der Waals surface area (Å²) in [7, 11) is 0. The third kappa shape index (κ3) is 4.50. The Balaban J connectivity index is 1.48. The minimum Gasteiger partial charge on any atom is -0.381 e. The first-order chi connectivity index (χ1) is 11.2. The summed E-state index contributed by atoms with van der Waals surface area (Å²) < 4.78 is 11.5. The van der Waals surface area contributed by atoms with Gasteiger partial charge in [-0.15, -0.1) is 0 Å². The summed E-state index contributed by atoms with van der Waals surface area (Å²) in [5.74, 6) is 0. The number of likely N-dealkylation sites (tertiary alicyclic amines) is 1. The van der Waals surface area contributed by atoms with Crippen LogP contribution in [0.4, 0.5) is 5.69 Å². The first kappa shape index (κ1) is 16.4. The van der Waals surface area contributed by atoms with Crippen LogP contribution < -0.4 is 0 Å². The highest BCUT2D eigenvalue weighted by Crippen LogP contribution is 2.24. The van der Waals surface area contributed by atoms with Crippen LogP contribution >= 0.6 is 0 Å². The van der Waals surface area contributed by atoms with Crippen LogP contribution in [0.1, 0.15) is 31.2 Å². The van der Waals surface area contributed by atoms with Crippen molar-refractivity contribution in [2.75, 3.05) is 26.3 Å². The first-order valence-electron chi connectivity index (χ1n) is 8.40. The van der Waals surface area contributed by atoms with Crippen LogP contribution in [0.25, 0.3) is 0 Å². The van der Waals surface area contributed by atoms with Crippen molar-refractivity contribution in [3.05, 3.63) is 39.9 Å². The van der Waals surface area contributed by atoms with Crippen LogP contribution in [-0.2, 0) is 16.0 Å². The van der Waals surface area contributed by atoms with Gasteiger partial charge in [0.15, 0.2) is 0 Å². The van der Waals surface area contributed by atoms with Gasteiger partial charge >= 0.3 is 0 Å². The summed E-state index contributed by atoms with van der Waals surface area (Å²) >= 11 is 0. The van der Waals surface area contributed by atoms with Crippen LogP contribution in [-0.4, -0.2) is 48.3 Å². The van der Waals surface area contributed by atoms with Gasteiger partial charge in [-0.2, -0.15) is 0 Å². The second kappa shape index (κ2) is 7.86. The van der Waals surface area contributed by atoms with Crippen molar-refractivity contribution < 1.29 is 14.4 Å². The van der Waals surface area contributed by atoms with Gasteiger partial charge in [0.25, 0.3) is 5.69 Å². The molecule has 1 aromatic rings. The minimum atomic E-state index is -0.295. The van der Waals surface area contributed by atoms with E-state index in [2.05, 4.69) is 4.90 Å². The predicted molar refractivity (Wildman–Crippen MR) is 86.3 cm³/mol. The van der Waals surface area contributed by atoms with Gasteiger partial charge in [0.1, 0.15) is 0 Å². The molecule has 0 amide bonds. The molecule has 3 rings (SSSR count). The van der Waals surface area contributed by atoms with E-state index in [1.165, 1.54) is 0 Å². The molecule has 2 fully saturated rings. The summed E-state index contributed by atoms with van der Waals surface area (Å²) in [4.78, 5) is 13.1. The van der Waals surface area contributed by atoms with E-state index in [0.29, 0.717) is 18.8 Å². The van der Waals surface area contributed by atoms with Crippen molar-refractivity contribution in [3.8, 4) is 0 Å². The maximum atomic E-state index is 11.1. The first-order valence-corrected chi connectivity index (χ1v) is 8.40. The van der Waals surface area contributed by atoms with Crippen LogP contribution in [0.2, 0.25) is 0 Å². The van der Waals surface area contributed by atoms with Gasteiger partial charge in [-0.1, -0.05) is 18.2 Å². The maximum absolute atomic E-state index is 11.1. The second-order valence-electron chi connectivity index (χ2n) is 6.31. The molecule has 0 saturated carbocycles. The molecule has 126 valence electrons. The van der Waals surface area contributed by atoms with E-state index in [-0.39, 0.29) is 10.6 Å². The average Bonchev–Trinajstić information content (AvgIpc) is 2.58. The van der Waals surface area contributed by atoms with Crippen molar-refractivity contribution >= 4 is 5.69 Å². The summed E-state index contributed by atoms with van der Waals surface area (Å²) in [6.45, 7) is 4.11. The summed E-state index contributed by atoms with van der Waals surface area (Å²) in [5.41, 5.74) is 1.01. The van der Waals surface area contributed by atoms with Gasteiger partial charge in [-0.05, 0) is 25.7 Å². The summed E-state index contributed by atoms with van der Waals surface area (Å²) in [6.07, 6.45) is 4.65. The number of nitro benzene ring substituents is 1. The molecule has 1 aromatic carbocycles. The van der Waals surface area contributed by atoms with E-state index in [9.17, 15) is 10.1 Å². The lowest BCUT2D eigenvalue weighted by Gasteiger charge is -2.34. The number of hydrogen-bond donors (Lipinski definition) is 0. The van der Waals surface area contributed by atoms with Crippen molar-refractivity contribution in [1.82, 2.24) is 4.90 Å². The molecule has 0 aliphatic carbocycles. The van der Waals surface area contributed by atoms with Crippen LogP contribution in [0.5, 0.6) is 0 Å². The van der Waals surface area contributed by atoms with E-state index in [1.54, 1.807) is 12.1 Å². The number of piperidine rings is 1. The van der Waals surface area contributed by atoms with Gasteiger partial charge in [-0.25, -0.2) is 0 Å². The maximum Gasteiger partial charge on any atom is 0.273 e. The predicted octanol–water partition coefficient (Wildman–Crippen LogP) is 2.75. The van der Waals surface area contributed by atoms with E-state index in [4.69, 9.17) is 9.47 Å². The fraction of sp³-hybridized carbons (Fsp3) is 0.647. The van der Waals surface area contributed by atoms with Gasteiger partial charge in [0, 0.05) is 44.5 Å². The van der Waals surface area contributed by atoms with E-state index >= 15 is 0 Å². The molecule has 2 saturated heterocycles. The van der Waals surface area contributed by atoms with Crippen molar-refractivity contribution in [2.45, 2.75) is 44.4 Å². The monoisotopic (exact) mass is 320 g/mol. The van der Waals surface area contributed by atoms with Gasteiger partial charge < -0.3 is 9.47 Å². The minimum absolute atomic E-state index is 0.216. The third-order valence-electron chi connectivity index (χ3n) is 4.67. The zero-order valence-corrected chi connectivity index (χ0v) is 13.4. The molecule has 0 bridgehead atoms. The van der Waals surface area contributed by atoms with Crippen molar-refractivity contribution in [1.29, 1.82) is 0 Å². The second-order valence-corrected chi connectivity index (χ2v) is 6.31. The molecule has 2 aliphatic rings. The van der Waals surface area contributed by atoms with Crippen LogP contribution in [0, 0.1) is 10.1 Å². The van der Waals surface area contributed by atoms with Crippen LogP contribution in [0.15, 0.2) is 24.3 Å². The highest BCUT2D eigenvalue weighted by Gasteiger charge is 2.25. The Kier molecular flexibility index (Phi) is 5.59. The van der Waals surface area contributed by atoms with Gasteiger partial charge in [0.05, 0.1) is 17.1 Å². The Labute approximate surface area is 136 Å². The quantitative estimate of drug-likeness (QED) is 0.616. The number of rotatable bonds is 5. The Morgan fingerprint density at radius 3 is 2.48 bits per heavy atom. The van der Waals surface area contributed by atoms with Crippen molar-refractivity contribution in [2.24, 2.45) is 0 Å². The Bertz CT molecular complexity index is 523. The molecule has 23 heavy (non-hydrogen) atoms. The largest absolute Gasteiger partial charge is 0.381 e. The average molecular weight is 320 g/mol. The molecule has 0 spiro atoms. The molecule has 0 radical (unpaired) electrons. The zero-order valence-electron chi connectivity index (χ0n) is 13.4. The number of ether oxygens (including phenoxy) is 2.